The molecule has 2 heterocycles. The molecule has 0 saturated carbocycles. The van der Waals surface area contributed by atoms with Crippen LogP contribution < -0.4 is 5.73 Å². The third-order valence-electron chi connectivity index (χ3n) is 4.52. The lowest BCUT2D eigenvalue weighted by molar-refractivity contribution is -0.0935. The number of alkyl halides is 3. The van der Waals surface area contributed by atoms with Gasteiger partial charge in [-0.3, -0.25) is 4.98 Å². The molecule has 2 N–H and O–H groups in total. The third kappa shape index (κ3) is 4.96. The number of benzene rings is 1. The molecule has 4 nitrogen and oxygen atoms in total. The minimum Gasteiger partial charge on any atom is -0.398 e. The van der Waals surface area contributed by atoms with Gasteiger partial charge in [-0.2, -0.15) is 13.2 Å². The van der Waals surface area contributed by atoms with E-state index in [1.807, 2.05) is 6.07 Å². The Morgan fingerprint density at radius 2 is 1.90 bits per heavy atom. The Morgan fingerprint density at radius 1 is 1.13 bits per heavy atom. The van der Waals surface area contributed by atoms with Crippen LogP contribution in [0.3, 0.4) is 0 Å². The van der Waals surface area contributed by atoms with E-state index in [2.05, 4.69) is 9.97 Å². The van der Waals surface area contributed by atoms with Crippen LogP contribution in [0.5, 0.6) is 0 Å². The number of halogens is 5. The molecule has 0 amide bonds. The number of imidazole rings is 1. The van der Waals surface area contributed by atoms with Gasteiger partial charge in [0.1, 0.15) is 5.69 Å². The maximum absolute atomic E-state index is 13.3. The molecule has 0 bridgehead atoms. The lowest BCUT2D eigenvalue weighted by Gasteiger charge is -2.15. The number of pyridine rings is 1. The van der Waals surface area contributed by atoms with Crippen molar-refractivity contribution in [3.8, 4) is 11.4 Å². The SMILES string of the molecule is CCC/C(=C(\N)c1ccnc(-c2cn(Cc3cccc(Cl)c3Cl)cn2)c1)C(F)(F)F. The van der Waals surface area contributed by atoms with Crippen molar-refractivity contribution in [2.75, 3.05) is 0 Å². The molecule has 0 unspecified atom stereocenters. The third-order valence-corrected chi connectivity index (χ3v) is 5.38. The Balaban J connectivity index is 1.91. The van der Waals surface area contributed by atoms with Crippen LogP contribution in [-0.2, 0) is 6.54 Å². The average molecular weight is 455 g/mol. The van der Waals surface area contributed by atoms with Crippen LogP contribution in [0.2, 0.25) is 10.0 Å². The van der Waals surface area contributed by atoms with E-state index in [1.165, 1.54) is 18.3 Å². The van der Waals surface area contributed by atoms with Crippen LogP contribution in [0, 0.1) is 0 Å². The zero-order chi connectivity index (χ0) is 21.9. The monoisotopic (exact) mass is 454 g/mol. The molecule has 0 radical (unpaired) electrons. The Labute approximate surface area is 182 Å². The van der Waals surface area contributed by atoms with E-state index in [4.69, 9.17) is 28.9 Å². The molecule has 0 aliphatic heterocycles. The average Bonchev–Trinajstić information content (AvgIpc) is 3.17. The normalized spacial score (nSPS) is 12.7. The van der Waals surface area contributed by atoms with Gasteiger partial charge in [0.2, 0.25) is 0 Å². The number of nitrogens with zero attached hydrogens (tertiary/aromatic N) is 3. The smallest absolute Gasteiger partial charge is 0.398 e. The second-order valence-corrected chi connectivity index (χ2v) is 7.50. The lowest BCUT2D eigenvalue weighted by atomic mass is 10.0. The Bertz CT molecular complexity index is 1070. The first-order chi connectivity index (χ1) is 14.2. The van der Waals surface area contributed by atoms with Crippen LogP contribution in [0.4, 0.5) is 13.2 Å². The van der Waals surface area contributed by atoms with Crippen molar-refractivity contribution in [2.24, 2.45) is 5.73 Å². The van der Waals surface area contributed by atoms with E-state index >= 15 is 0 Å². The van der Waals surface area contributed by atoms with Crippen LogP contribution >= 0.6 is 23.2 Å². The molecule has 3 aromatic rings. The fourth-order valence-electron chi connectivity index (χ4n) is 3.04. The van der Waals surface area contributed by atoms with Crippen molar-refractivity contribution in [1.82, 2.24) is 14.5 Å². The van der Waals surface area contributed by atoms with Gasteiger partial charge in [-0.1, -0.05) is 48.7 Å². The van der Waals surface area contributed by atoms with Gasteiger partial charge in [0.25, 0.3) is 0 Å². The largest absolute Gasteiger partial charge is 0.414 e. The van der Waals surface area contributed by atoms with Crippen molar-refractivity contribution in [2.45, 2.75) is 32.5 Å². The summed E-state index contributed by atoms with van der Waals surface area (Å²) in [7, 11) is 0. The summed E-state index contributed by atoms with van der Waals surface area (Å²) < 4.78 is 41.8. The maximum atomic E-state index is 13.3. The Hall–Kier alpha value is -2.51. The molecule has 158 valence electrons. The van der Waals surface area contributed by atoms with Gasteiger partial charge in [0.15, 0.2) is 0 Å². The van der Waals surface area contributed by atoms with Crippen molar-refractivity contribution in [3.63, 3.8) is 0 Å². The second-order valence-electron chi connectivity index (χ2n) is 6.71. The highest BCUT2D eigenvalue weighted by atomic mass is 35.5. The summed E-state index contributed by atoms with van der Waals surface area (Å²) in [6.45, 7) is 2.11. The van der Waals surface area contributed by atoms with Crippen molar-refractivity contribution >= 4 is 28.9 Å². The van der Waals surface area contributed by atoms with Crippen LogP contribution in [0.15, 0.2) is 54.6 Å². The summed E-state index contributed by atoms with van der Waals surface area (Å²) in [5.41, 5.74) is 6.85. The van der Waals surface area contributed by atoms with E-state index in [0.717, 1.165) is 5.56 Å². The van der Waals surface area contributed by atoms with Crippen LogP contribution in [0.1, 0.15) is 30.9 Å². The van der Waals surface area contributed by atoms with E-state index in [0.29, 0.717) is 34.4 Å². The van der Waals surface area contributed by atoms with Gasteiger partial charge in [0, 0.05) is 23.7 Å². The maximum Gasteiger partial charge on any atom is 0.414 e. The second kappa shape index (κ2) is 9.10. The zero-order valence-corrected chi connectivity index (χ0v) is 17.6. The van der Waals surface area contributed by atoms with Gasteiger partial charge in [-0.05, 0) is 30.2 Å². The molecule has 30 heavy (non-hydrogen) atoms. The topological polar surface area (TPSA) is 56.7 Å². The summed E-state index contributed by atoms with van der Waals surface area (Å²) in [5.74, 6) is 0. The van der Waals surface area contributed by atoms with Gasteiger partial charge >= 0.3 is 6.18 Å². The van der Waals surface area contributed by atoms with Gasteiger partial charge in [-0.15, -0.1) is 0 Å². The van der Waals surface area contributed by atoms with E-state index in [1.54, 1.807) is 36.1 Å². The predicted octanol–water partition coefficient (Wildman–Crippen LogP) is 6.33. The fourth-order valence-corrected chi connectivity index (χ4v) is 3.42. The predicted molar refractivity (Wildman–Crippen MR) is 113 cm³/mol. The Kier molecular flexibility index (Phi) is 6.73. The first kappa shape index (κ1) is 22.2. The minimum absolute atomic E-state index is 0.151. The number of rotatable bonds is 6. The molecule has 3 rings (SSSR count). The molecule has 0 atom stereocenters. The van der Waals surface area contributed by atoms with Crippen molar-refractivity contribution < 1.29 is 13.2 Å². The first-order valence-electron chi connectivity index (χ1n) is 9.18. The highest BCUT2D eigenvalue weighted by molar-refractivity contribution is 6.42. The molecule has 0 aliphatic carbocycles. The molecule has 9 heteroatoms. The number of hydrogen-bond donors (Lipinski definition) is 1. The summed E-state index contributed by atoms with van der Waals surface area (Å²) in [6, 6.07) is 8.33. The highest BCUT2D eigenvalue weighted by Gasteiger charge is 2.35. The van der Waals surface area contributed by atoms with Crippen molar-refractivity contribution in [1.29, 1.82) is 0 Å². The highest BCUT2D eigenvalue weighted by Crippen LogP contribution is 2.34. The number of hydrogen-bond acceptors (Lipinski definition) is 3. The van der Waals surface area contributed by atoms with Gasteiger partial charge < -0.3 is 10.3 Å². The zero-order valence-electron chi connectivity index (χ0n) is 16.0. The van der Waals surface area contributed by atoms with Crippen molar-refractivity contribution in [3.05, 3.63) is 75.8 Å². The molecule has 2 aromatic heterocycles. The lowest BCUT2D eigenvalue weighted by Crippen LogP contribution is -2.17. The molecule has 0 fully saturated rings. The van der Waals surface area contributed by atoms with Crippen LogP contribution in [-0.4, -0.2) is 20.7 Å². The minimum atomic E-state index is -4.48. The first-order valence-corrected chi connectivity index (χ1v) is 9.93. The number of allylic oxidation sites excluding steroid dienone is 1. The molecule has 1 aromatic carbocycles. The van der Waals surface area contributed by atoms with Crippen LogP contribution in [0.25, 0.3) is 17.1 Å². The molecule has 0 spiro atoms. The van der Waals surface area contributed by atoms with Gasteiger partial charge in [-0.25, -0.2) is 4.98 Å². The molecule has 0 saturated heterocycles. The molecular weight excluding hydrogens is 436 g/mol. The van der Waals surface area contributed by atoms with E-state index < -0.39 is 11.7 Å². The summed E-state index contributed by atoms with van der Waals surface area (Å²) in [6.07, 6.45) is 0.454. The quantitative estimate of drug-likeness (QED) is 0.473. The van der Waals surface area contributed by atoms with E-state index in [9.17, 15) is 13.2 Å². The fraction of sp³-hybridized carbons (Fsp3) is 0.238. The van der Waals surface area contributed by atoms with Gasteiger partial charge in [0.05, 0.1) is 34.2 Å². The molecule has 0 aliphatic rings. The van der Waals surface area contributed by atoms with E-state index in [-0.39, 0.29) is 17.7 Å². The number of nitrogens with two attached hydrogens (primary N) is 1. The number of aromatic nitrogens is 3. The summed E-state index contributed by atoms with van der Waals surface area (Å²) in [4.78, 5) is 8.54. The summed E-state index contributed by atoms with van der Waals surface area (Å²) in [5, 5.41) is 0.918. The standard InChI is InChI=1S/C21H19Cl2F3N4/c1-2-4-15(21(24,25)26)20(27)13-7-8-28-17(9-13)18-11-30(12-29-18)10-14-5-3-6-16(22)19(14)23/h3,5-9,11-12H,2,4,10,27H2,1H3/b20-15+. The molecular formula is C21H19Cl2F3N4. The summed E-state index contributed by atoms with van der Waals surface area (Å²) >= 11 is 12.3. The Morgan fingerprint density at radius 3 is 2.60 bits per heavy atom.